The predicted octanol–water partition coefficient (Wildman–Crippen LogP) is 3.21. The Hall–Kier alpha value is -2.89. The van der Waals surface area contributed by atoms with Gasteiger partial charge < -0.3 is 14.1 Å². The van der Waals surface area contributed by atoms with E-state index in [2.05, 4.69) is 20.6 Å². The Balaban J connectivity index is 0.000000595. The minimum absolute atomic E-state index is 0.250. The average Bonchev–Trinajstić information content (AvgIpc) is 3.07. The van der Waals surface area contributed by atoms with Gasteiger partial charge in [-0.3, -0.25) is 9.78 Å². The van der Waals surface area contributed by atoms with Crippen LogP contribution < -0.4 is 0 Å². The molecule has 0 aromatic carbocycles. The summed E-state index contributed by atoms with van der Waals surface area (Å²) in [7, 11) is 0. The number of pyridine rings is 1. The van der Waals surface area contributed by atoms with Crippen molar-refractivity contribution in [3.8, 4) is 11.6 Å². The number of imidazole rings is 1. The average molecular weight is 313 g/mol. The second kappa shape index (κ2) is 7.40. The van der Waals surface area contributed by atoms with E-state index in [0.717, 1.165) is 35.1 Å². The van der Waals surface area contributed by atoms with Gasteiger partial charge in [0.25, 0.3) is 6.47 Å². The summed E-state index contributed by atoms with van der Waals surface area (Å²) in [6, 6.07) is 6.14. The van der Waals surface area contributed by atoms with Gasteiger partial charge in [-0.15, -0.1) is 0 Å². The monoisotopic (exact) mass is 313 g/mol. The zero-order chi connectivity index (χ0) is 16.8. The normalized spacial score (nSPS) is 10.0. The van der Waals surface area contributed by atoms with E-state index >= 15 is 0 Å². The van der Waals surface area contributed by atoms with Gasteiger partial charge in [0.1, 0.15) is 5.76 Å². The number of aromatic nitrogens is 3. The molecule has 0 aliphatic rings. The second-order valence-corrected chi connectivity index (χ2v) is 5.14. The van der Waals surface area contributed by atoms with Crippen LogP contribution in [0.5, 0.6) is 0 Å². The molecule has 120 valence electrons. The van der Waals surface area contributed by atoms with Gasteiger partial charge in [0.05, 0.1) is 0 Å². The molecule has 0 saturated heterocycles. The SMILES string of the molecule is Cc1cc(Cn2ccnc2-c2cc(C)c(C)o2)ccn1.O=CO. The topological polar surface area (TPSA) is 81.2 Å². The van der Waals surface area contributed by atoms with Crippen molar-refractivity contribution < 1.29 is 14.3 Å². The minimum Gasteiger partial charge on any atom is -0.483 e. The zero-order valence-corrected chi connectivity index (χ0v) is 13.4. The van der Waals surface area contributed by atoms with Crippen LogP contribution in [0.15, 0.2) is 41.2 Å². The Bertz CT molecular complexity index is 770. The van der Waals surface area contributed by atoms with Crippen molar-refractivity contribution in [1.29, 1.82) is 0 Å². The van der Waals surface area contributed by atoms with E-state index in [1.54, 1.807) is 6.20 Å². The molecular formula is C17H19N3O3. The quantitative estimate of drug-likeness (QED) is 0.751. The van der Waals surface area contributed by atoms with Crippen molar-refractivity contribution in [2.24, 2.45) is 0 Å². The molecule has 3 rings (SSSR count). The van der Waals surface area contributed by atoms with Crippen molar-refractivity contribution >= 4 is 6.47 Å². The third kappa shape index (κ3) is 4.06. The van der Waals surface area contributed by atoms with E-state index in [0.29, 0.717) is 0 Å². The van der Waals surface area contributed by atoms with E-state index < -0.39 is 0 Å². The molecule has 0 atom stereocenters. The van der Waals surface area contributed by atoms with Gasteiger partial charge in [-0.05, 0) is 50.1 Å². The summed E-state index contributed by atoms with van der Waals surface area (Å²) in [5, 5.41) is 6.89. The summed E-state index contributed by atoms with van der Waals surface area (Å²) >= 11 is 0. The molecule has 0 amide bonds. The molecule has 0 aliphatic carbocycles. The number of furan rings is 1. The summed E-state index contributed by atoms with van der Waals surface area (Å²) < 4.78 is 7.85. The van der Waals surface area contributed by atoms with E-state index in [4.69, 9.17) is 14.3 Å². The van der Waals surface area contributed by atoms with E-state index in [1.165, 1.54) is 5.56 Å². The first-order valence-electron chi connectivity index (χ1n) is 7.13. The van der Waals surface area contributed by atoms with Crippen LogP contribution in [0.3, 0.4) is 0 Å². The highest BCUT2D eigenvalue weighted by atomic mass is 16.3. The summed E-state index contributed by atoms with van der Waals surface area (Å²) in [5.41, 5.74) is 3.37. The van der Waals surface area contributed by atoms with Gasteiger partial charge >= 0.3 is 0 Å². The lowest BCUT2D eigenvalue weighted by atomic mass is 10.2. The zero-order valence-electron chi connectivity index (χ0n) is 13.4. The molecule has 6 heteroatoms. The summed E-state index contributed by atoms with van der Waals surface area (Å²) in [6.07, 6.45) is 5.61. The molecule has 0 fully saturated rings. The molecule has 1 N–H and O–H groups in total. The van der Waals surface area contributed by atoms with E-state index in [-0.39, 0.29) is 6.47 Å². The van der Waals surface area contributed by atoms with Gasteiger partial charge in [-0.25, -0.2) is 4.98 Å². The van der Waals surface area contributed by atoms with Crippen molar-refractivity contribution in [3.63, 3.8) is 0 Å². The Morgan fingerprint density at radius 1 is 1.22 bits per heavy atom. The number of carbonyl (C=O) groups is 1. The fourth-order valence-electron chi connectivity index (χ4n) is 2.24. The first kappa shape index (κ1) is 16.5. The van der Waals surface area contributed by atoms with Crippen molar-refractivity contribution in [2.75, 3.05) is 0 Å². The standard InChI is InChI=1S/C16H17N3O.CH2O2/c1-11-8-15(20-13(11)3)16-18-6-7-19(16)10-14-4-5-17-12(2)9-14;2-1-3/h4-9H,10H2,1-3H3;1H,(H,2,3). The maximum absolute atomic E-state index is 8.36. The van der Waals surface area contributed by atoms with Crippen LogP contribution in [0.1, 0.15) is 22.6 Å². The summed E-state index contributed by atoms with van der Waals surface area (Å²) in [4.78, 5) is 17.0. The number of carboxylic acid groups (broad SMARTS) is 1. The fourth-order valence-corrected chi connectivity index (χ4v) is 2.24. The molecule has 0 unspecified atom stereocenters. The van der Waals surface area contributed by atoms with Gasteiger partial charge in [0.2, 0.25) is 0 Å². The van der Waals surface area contributed by atoms with Gasteiger partial charge in [-0.2, -0.15) is 0 Å². The highest BCUT2D eigenvalue weighted by Crippen LogP contribution is 2.24. The molecular weight excluding hydrogens is 294 g/mol. The van der Waals surface area contributed by atoms with Gasteiger partial charge in [0, 0.05) is 30.8 Å². The van der Waals surface area contributed by atoms with Crippen LogP contribution in [-0.2, 0) is 11.3 Å². The number of hydrogen-bond donors (Lipinski definition) is 1. The Morgan fingerprint density at radius 2 is 1.96 bits per heavy atom. The van der Waals surface area contributed by atoms with Crippen LogP contribution in [-0.4, -0.2) is 26.1 Å². The van der Waals surface area contributed by atoms with E-state index in [9.17, 15) is 0 Å². The maximum atomic E-state index is 8.36. The molecule has 3 aromatic heterocycles. The lowest BCUT2D eigenvalue weighted by molar-refractivity contribution is -0.122. The molecule has 3 heterocycles. The third-order valence-corrected chi connectivity index (χ3v) is 3.42. The molecule has 23 heavy (non-hydrogen) atoms. The Kier molecular flexibility index (Phi) is 5.30. The van der Waals surface area contributed by atoms with Crippen LogP contribution in [0.25, 0.3) is 11.6 Å². The van der Waals surface area contributed by atoms with Crippen molar-refractivity contribution in [2.45, 2.75) is 27.3 Å². The second-order valence-electron chi connectivity index (χ2n) is 5.14. The highest BCUT2D eigenvalue weighted by molar-refractivity contribution is 5.50. The first-order valence-corrected chi connectivity index (χ1v) is 7.13. The molecule has 3 aromatic rings. The summed E-state index contributed by atoms with van der Waals surface area (Å²) in [6.45, 7) is 6.52. The molecule has 0 radical (unpaired) electrons. The Labute approximate surface area is 134 Å². The predicted molar refractivity (Wildman–Crippen MR) is 86.2 cm³/mol. The number of rotatable bonds is 3. The lowest BCUT2D eigenvalue weighted by Gasteiger charge is -2.06. The van der Waals surface area contributed by atoms with Gasteiger partial charge in [-0.1, -0.05) is 0 Å². The fraction of sp³-hybridized carbons (Fsp3) is 0.235. The van der Waals surface area contributed by atoms with E-state index in [1.807, 2.05) is 45.3 Å². The van der Waals surface area contributed by atoms with Crippen LogP contribution in [0, 0.1) is 20.8 Å². The smallest absolute Gasteiger partial charge is 0.290 e. The molecule has 0 saturated carbocycles. The first-order chi connectivity index (χ1) is 11.0. The van der Waals surface area contributed by atoms with Gasteiger partial charge in [0.15, 0.2) is 11.6 Å². The van der Waals surface area contributed by atoms with Crippen molar-refractivity contribution in [1.82, 2.24) is 14.5 Å². The van der Waals surface area contributed by atoms with Crippen LogP contribution in [0.2, 0.25) is 0 Å². The molecule has 6 nitrogen and oxygen atoms in total. The Morgan fingerprint density at radius 3 is 2.57 bits per heavy atom. The van der Waals surface area contributed by atoms with Crippen LogP contribution >= 0.6 is 0 Å². The summed E-state index contributed by atoms with van der Waals surface area (Å²) in [5.74, 6) is 2.61. The maximum Gasteiger partial charge on any atom is 0.290 e. The third-order valence-electron chi connectivity index (χ3n) is 3.42. The molecule has 0 aliphatic heterocycles. The number of hydrogen-bond acceptors (Lipinski definition) is 4. The van der Waals surface area contributed by atoms with Crippen molar-refractivity contribution in [3.05, 3.63) is 59.4 Å². The molecule has 0 spiro atoms. The largest absolute Gasteiger partial charge is 0.483 e. The number of aryl methyl sites for hydroxylation is 3. The highest BCUT2D eigenvalue weighted by Gasteiger charge is 2.12. The van der Waals surface area contributed by atoms with Crippen LogP contribution in [0.4, 0.5) is 0 Å². The lowest BCUT2D eigenvalue weighted by Crippen LogP contribution is -2.01. The molecule has 0 bridgehead atoms. The minimum atomic E-state index is -0.250. The number of nitrogens with zero attached hydrogens (tertiary/aromatic N) is 3.